The van der Waals surface area contributed by atoms with Gasteiger partial charge in [-0.2, -0.15) is 0 Å². The minimum atomic E-state index is -0.429. The maximum Gasteiger partial charge on any atom is 0.247 e. The zero-order valence-corrected chi connectivity index (χ0v) is 11.3. The predicted octanol–water partition coefficient (Wildman–Crippen LogP) is 2.15. The maximum atomic E-state index is 12.4. The highest BCUT2D eigenvalue weighted by Gasteiger charge is 2.40. The molecule has 5 heteroatoms. The Labute approximate surface area is 107 Å². The molecule has 5 nitrogen and oxygen atoms in total. The zero-order chi connectivity index (χ0) is 13.2. The Morgan fingerprint density at radius 1 is 1.56 bits per heavy atom. The second-order valence-corrected chi connectivity index (χ2v) is 5.04. The fourth-order valence-electron chi connectivity index (χ4n) is 2.51. The highest BCUT2D eigenvalue weighted by atomic mass is 16.5. The van der Waals surface area contributed by atoms with Crippen molar-refractivity contribution in [1.29, 1.82) is 0 Å². The fourth-order valence-corrected chi connectivity index (χ4v) is 2.51. The molecule has 1 fully saturated rings. The number of nitrogens with zero attached hydrogens (tertiary/aromatic N) is 1. The number of amides is 1. The number of aryl methyl sites for hydroxylation is 1. The molecule has 0 aromatic carbocycles. The highest BCUT2D eigenvalue weighted by molar-refractivity contribution is 5.97. The molecule has 1 aliphatic heterocycles. The summed E-state index contributed by atoms with van der Waals surface area (Å²) < 4.78 is 5.14. The van der Waals surface area contributed by atoms with Gasteiger partial charge in [-0.1, -0.05) is 18.5 Å². The molecule has 1 aromatic rings. The van der Waals surface area contributed by atoms with E-state index in [4.69, 9.17) is 4.52 Å². The van der Waals surface area contributed by atoms with Gasteiger partial charge in [-0.05, 0) is 39.7 Å². The highest BCUT2D eigenvalue weighted by Crippen LogP contribution is 2.27. The molecular weight excluding hydrogens is 230 g/mol. The third kappa shape index (κ3) is 2.27. The molecular formula is C13H21N3O2. The molecule has 18 heavy (non-hydrogen) atoms. The van der Waals surface area contributed by atoms with Crippen molar-refractivity contribution in [3.63, 3.8) is 0 Å². The van der Waals surface area contributed by atoms with Gasteiger partial charge in [0.05, 0.1) is 11.2 Å². The van der Waals surface area contributed by atoms with Gasteiger partial charge in [0, 0.05) is 5.56 Å². The average molecular weight is 251 g/mol. The van der Waals surface area contributed by atoms with E-state index < -0.39 is 5.54 Å². The summed E-state index contributed by atoms with van der Waals surface area (Å²) in [5.41, 5.74) is 1.28. The summed E-state index contributed by atoms with van der Waals surface area (Å²) in [7, 11) is 0. The van der Waals surface area contributed by atoms with E-state index in [1.54, 1.807) is 0 Å². The van der Waals surface area contributed by atoms with Crippen LogP contribution >= 0.6 is 0 Å². The number of hydrogen-bond donors (Lipinski definition) is 2. The van der Waals surface area contributed by atoms with E-state index in [-0.39, 0.29) is 5.91 Å². The molecule has 2 rings (SSSR count). The summed E-state index contributed by atoms with van der Waals surface area (Å²) in [6, 6.07) is 0. The lowest BCUT2D eigenvalue weighted by Crippen LogP contribution is -2.50. The summed E-state index contributed by atoms with van der Waals surface area (Å²) in [6.45, 7) is 6.76. The van der Waals surface area contributed by atoms with Crippen LogP contribution in [0, 0.1) is 13.8 Å². The van der Waals surface area contributed by atoms with Crippen LogP contribution in [0.5, 0.6) is 0 Å². The number of carbonyl (C=O) groups is 1. The van der Waals surface area contributed by atoms with Gasteiger partial charge in [-0.3, -0.25) is 10.1 Å². The number of aromatic nitrogens is 1. The van der Waals surface area contributed by atoms with Gasteiger partial charge < -0.3 is 9.84 Å². The topological polar surface area (TPSA) is 67.2 Å². The number of rotatable bonds is 4. The molecule has 1 aromatic heterocycles. The second-order valence-electron chi connectivity index (χ2n) is 5.04. The molecule has 1 amide bonds. The van der Waals surface area contributed by atoms with Crippen LogP contribution in [-0.4, -0.2) is 23.1 Å². The van der Waals surface area contributed by atoms with E-state index in [9.17, 15) is 4.79 Å². The van der Waals surface area contributed by atoms with Gasteiger partial charge in [0.1, 0.15) is 0 Å². The summed E-state index contributed by atoms with van der Waals surface area (Å²) in [5.74, 6) is 0.475. The average Bonchev–Trinajstić information content (AvgIpc) is 2.93. The molecule has 2 N–H and O–H groups in total. The molecule has 2 heterocycles. The molecule has 1 atom stereocenters. The van der Waals surface area contributed by atoms with Gasteiger partial charge in [-0.15, -0.1) is 0 Å². The van der Waals surface area contributed by atoms with Crippen LogP contribution in [0.25, 0.3) is 0 Å². The zero-order valence-electron chi connectivity index (χ0n) is 11.3. The van der Waals surface area contributed by atoms with E-state index in [2.05, 4.69) is 22.7 Å². The third-order valence-corrected chi connectivity index (χ3v) is 3.74. The normalized spacial score (nSPS) is 23.3. The molecule has 0 aliphatic carbocycles. The summed E-state index contributed by atoms with van der Waals surface area (Å²) in [6.07, 6.45) is 3.76. The van der Waals surface area contributed by atoms with E-state index in [0.717, 1.165) is 43.5 Å². The minimum absolute atomic E-state index is 0.00102. The SMILES string of the molecule is CCCC1(C(=O)Nc2onc(C)c2C)CCCN1. The third-order valence-electron chi connectivity index (χ3n) is 3.74. The predicted molar refractivity (Wildman–Crippen MR) is 69.5 cm³/mol. The first-order valence-corrected chi connectivity index (χ1v) is 6.58. The molecule has 0 bridgehead atoms. The lowest BCUT2D eigenvalue weighted by Gasteiger charge is -2.27. The van der Waals surface area contributed by atoms with Gasteiger partial charge in [0.25, 0.3) is 0 Å². The Bertz CT molecular complexity index is 433. The van der Waals surface area contributed by atoms with Crippen LogP contribution in [0.2, 0.25) is 0 Å². The molecule has 1 saturated heterocycles. The maximum absolute atomic E-state index is 12.4. The van der Waals surface area contributed by atoms with Crippen molar-refractivity contribution < 1.29 is 9.32 Å². The smallest absolute Gasteiger partial charge is 0.247 e. The van der Waals surface area contributed by atoms with Crippen LogP contribution in [0.15, 0.2) is 4.52 Å². The molecule has 0 saturated carbocycles. The lowest BCUT2D eigenvalue weighted by atomic mass is 9.91. The quantitative estimate of drug-likeness (QED) is 0.860. The van der Waals surface area contributed by atoms with Crippen molar-refractivity contribution in [3.05, 3.63) is 11.3 Å². The second kappa shape index (κ2) is 5.10. The Kier molecular flexibility index (Phi) is 3.71. The standard InChI is InChI=1S/C13H21N3O2/c1-4-6-13(7-5-8-14-13)12(17)15-11-9(2)10(3)16-18-11/h14H,4-8H2,1-3H3,(H,15,17). The van der Waals surface area contributed by atoms with Crippen LogP contribution in [0.1, 0.15) is 43.9 Å². The van der Waals surface area contributed by atoms with Crippen LogP contribution < -0.4 is 10.6 Å². The van der Waals surface area contributed by atoms with Crippen LogP contribution in [0.3, 0.4) is 0 Å². The largest absolute Gasteiger partial charge is 0.338 e. The Balaban J connectivity index is 2.13. The van der Waals surface area contributed by atoms with Crippen molar-refractivity contribution in [2.24, 2.45) is 0 Å². The van der Waals surface area contributed by atoms with Gasteiger partial charge >= 0.3 is 0 Å². The molecule has 100 valence electrons. The summed E-state index contributed by atoms with van der Waals surface area (Å²) in [4.78, 5) is 12.4. The molecule has 0 radical (unpaired) electrons. The fraction of sp³-hybridized carbons (Fsp3) is 0.692. The minimum Gasteiger partial charge on any atom is -0.338 e. The van der Waals surface area contributed by atoms with Crippen LogP contribution in [-0.2, 0) is 4.79 Å². The molecule has 0 spiro atoms. The van der Waals surface area contributed by atoms with E-state index in [1.165, 1.54) is 0 Å². The van der Waals surface area contributed by atoms with E-state index >= 15 is 0 Å². The monoisotopic (exact) mass is 251 g/mol. The van der Waals surface area contributed by atoms with Crippen molar-refractivity contribution in [3.8, 4) is 0 Å². The number of anilines is 1. The number of nitrogens with one attached hydrogen (secondary N) is 2. The first kappa shape index (κ1) is 13.1. The Hall–Kier alpha value is -1.36. The van der Waals surface area contributed by atoms with E-state index in [0.29, 0.717) is 5.88 Å². The summed E-state index contributed by atoms with van der Waals surface area (Å²) in [5, 5.41) is 10.1. The van der Waals surface area contributed by atoms with Crippen LogP contribution in [0.4, 0.5) is 5.88 Å². The van der Waals surface area contributed by atoms with Crippen molar-refractivity contribution in [2.75, 3.05) is 11.9 Å². The Morgan fingerprint density at radius 2 is 2.33 bits per heavy atom. The first-order chi connectivity index (χ1) is 8.59. The van der Waals surface area contributed by atoms with Gasteiger partial charge in [0.2, 0.25) is 11.8 Å². The Morgan fingerprint density at radius 3 is 2.83 bits per heavy atom. The summed E-state index contributed by atoms with van der Waals surface area (Å²) >= 11 is 0. The van der Waals surface area contributed by atoms with Gasteiger partial charge in [-0.25, -0.2) is 0 Å². The van der Waals surface area contributed by atoms with Crippen molar-refractivity contribution in [1.82, 2.24) is 10.5 Å². The van der Waals surface area contributed by atoms with Crippen molar-refractivity contribution >= 4 is 11.8 Å². The first-order valence-electron chi connectivity index (χ1n) is 6.58. The lowest BCUT2D eigenvalue weighted by molar-refractivity contribution is -0.122. The van der Waals surface area contributed by atoms with Crippen molar-refractivity contribution in [2.45, 2.75) is 52.0 Å². The van der Waals surface area contributed by atoms with Gasteiger partial charge in [0.15, 0.2) is 0 Å². The number of carbonyl (C=O) groups excluding carboxylic acids is 1. The molecule has 1 unspecified atom stereocenters. The van der Waals surface area contributed by atoms with E-state index in [1.807, 2.05) is 13.8 Å². The number of hydrogen-bond acceptors (Lipinski definition) is 4. The molecule has 1 aliphatic rings.